The Morgan fingerprint density at radius 3 is 1.94 bits per heavy atom. The maximum atomic E-state index is 4.99. The van der Waals surface area contributed by atoms with Crippen molar-refractivity contribution in [3.8, 4) is 0 Å². The molecule has 4 saturated carbocycles. The summed E-state index contributed by atoms with van der Waals surface area (Å²) < 4.78 is 1.14. The first-order valence-corrected chi connectivity index (χ1v) is 7.91. The Hall–Kier alpha value is -0.630. The Morgan fingerprint density at radius 1 is 0.833 bits per heavy atom. The smallest absolute Gasteiger partial charge is 0.0630 e. The molecule has 1 aromatic carbocycles. The maximum absolute atomic E-state index is 4.99. The van der Waals surface area contributed by atoms with Crippen LogP contribution in [0.4, 0.5) is 5.69 Å². The number of hydrogen-bond donors (Lipinski definition) is 0. The van der Waals surface area contributed by atoms with Crippen molar-refractivity contribution < 1.29 is 0 Å². The summed E-state index contributed by atoms with van der Waals surface area (Å²) in [6.07, 6.45) is 7.19. The van der Waals surface area contributed by atoms with Crippen LogP contribution in [0.25, 0.3) is 0 Å². The molecule has 0 aromatic heterocycles. The van der Waals surface area contributed by atoms with E-state index in [-0.39, 0.29) is 0 Å². The van der Waals surface area contributed by atoms with Gasteiger partial charge in [0.1, 0.15) is 0 Å². The molecule has 4 fully saturated rings. The molecule has 94 valence electrons. The van der Waals surface area contributed by atoms with E-state index in [0.717, 1.165) is 33.8 Å². The fourth-order valence-electron chi connectivity index (χ4n) is 4.51. The van der Waals surface area contributed by atoms with E-state index < -0.39 is 0 Å². The molecule has 0 saturated heterocycles. The topological polar surface area (TPSA) is 12.4 Å². The lowest BCUT2D eigenvalue weighted by molar-refractivity contribution is 0.109. The first-order valence-electron chi connectivity index (χ1n) is 7.12. The third-order valence-corrected chi connectivity index (χ3v) is 5.59. The van der Waals surface area contributed by atoms with Crippen LogP contribution in [0.1, 0.15) is 32.1 Å². The first-order chi connectivity index (χ1) is 8.78. The number of benzene rings is 1. The quantitative estimate of drug-likeness (QED) is 0.694. The largest absolute Gasteiger partial charge is 0.257 e. The van der Waals surface area contributed by atoms with E-state index in [1.807, 2.05) is 0 Å². The summed E-state index contributed by atoms with van der Waals surface area (Å²) >= 11 is 3.48. The molecule has 1 aromatic rings. The van der Waals surface area contributed by atoms with E-state index in [4.69, 9.17) is 4.99 Å². The minimum absolute atomic E-state index is 0.810. The van der Waals surface area contributed by atoms with Gasteiger partial charge in [-0.3, -0.25) is 4.99 Å². The number of aliphatic imine (C=N–C) groups is 1. The molecule has 4 bridgehead atoms. The van der Waals surface area contributed by atoms with Gasteiger partial charge in [0.25, 0.3) is 0 Å². The lowest BCUT2D eigenvalue weighted by atomic mass is 9.55. The molecule has 1 nitrogen and oxygen atoms in total. The molecule has 0 N–H and O–H groups in total. The molecule has 4 aliphatic carbocycles. The van der Waals surface area contributed by atoms with E-state index in [0.29, 0.717) is 0 Å². The molecule has 5 rings (SSSR count). The van der Waals surface area contributed by atoms with Crippen molar-refractivity contribution in [2.45, 2.75) is 32.1 Å². The second-order valence-electron chi connectivity index (χ2n) is 6.32. The molecule has 0 spiro atoms. The second-order valence-corrected chi connectivity index (χ2v) is 7.23. The normalized spacial score (nSPS) is 37.1. The monoisotopic (exact) mass is 303 g/mol. The van der Waals surface area contributed by atoms with Gasteiger partial charge in [-0.1, -0.05) is 15.9 Å². The van der Waals surface area contributed by atoms with Gasteiger partial charge in [0.05, 0.1) is 5.69 Å². The van der Waals surface area contributed by atoms with Crippen LogP contribution < -0.4 is 0 Å². The van der Waals surface area contributed by atoms with Gasteiger partial charge in [0.15, 0.2) is 0 Å². The van der Waals surface area contributed by atoms with Crippen molar-refractivity contribution in [1.82, 2.24) is 0 Å². The summed E-state index contributed by atoms with van der Waals surface area (Å²) in [5.41, 5.74) is 2.67. The van der Waals surface area contributed by atoms with Crippen LogP contribution >= 0.6 is 15.9 Å². The van der Waals surface area contributed by atoms with Gasteiger partial charge in [-0.05, 0) is 80.0 Å². The van der Waals surface area contributed by atoms with Crippen LogP contribution in [0.5, 0.6) is 0 Å². The molecule has 0 radical (unpaired) electrons. The number of nitrogens with zero attached hydrogens (tertiary/aromatic N) is 1. The highest BCUT2D eigenvalue weighted by molar-refractivity contribution is 9.10. The van der Waals surface area contributed by atoms with Crippen molar-refractivity contribution >= 4 is 27.3 Å². The summed E-state index contributed by atoms with van der Waals surface area (Å²) in [6.45, 7) is 0. The molecular formula is C16H18BrN. The van der Waals surface area contributed by atoms with Crippen molar-refractivity contribution in [2.24, 2.45) is 28.7 Å². The Balaban J connectivity index is 1.66. The summed E-state index contributed by atoms with van der Waals surface area (Å²) in [5.74, 6) is 3.67. The van der Waals surface area contributed by atoms with Crippen molar-refractivity contribution in [1.29, 1.82) is 0 Å². The third kappa shape index (κ3) is 1.85. The molecule has 2 heteroatoms. The van der Waals surface area contributed by atoms with Gasteiger partial charge < -0.3 is 0 Å². The minimum atomic E-state index is 0.810. The predicted molar refractivity (Wildman–Crippen MR) is 78.3 cm³/mol. The van der Waals surface area contributed by atoms with E-state index >= 15 is 0 Å². The lowest BCUT2D eigenvalue weighted by Crippen LogP contribution is -2.45. The van der Waals surface area contributed by atoms with Crippen LogP contribution in [-0.2, 0) is 0 Å². The Labute approximate surface area is 117 Å². The Morgan fingerprint density at radius 2 is 1.39 bits per heavy atom. The van der Waals surface area contributed by atoms with Gasteiger partial charge in [-0.2, -0.15) is 0 Å². The van der Waals surface area contributed by atoms with Crippen molar-refractivity contribution in [3.05, 3.63) is 28.7 Å². The van der Waals surface area contributed by atoms with E-state index in [1.54, 1.807) is 0 Å². The van der Waals surface area contributed by atoms with Crippen LogP contribution in [0, 0.1) is 23.7 Å². The highest BCUT2D eigenvalue weighted by Gasteiger charge is 2.46. The van der Waals surface area contributed by atoms with Gasteiger partial charge in [-0.25, -0.2) is 0 Å². The number of halogens is 1. The fourth-order valence-corrected chi connectivity index (χ4v) is 4.78. The van der Waals surface area contributed by atoms with E-state index in [1.165, 1.54) is 37.8 Å². The predicted octanol–water partition coefficient (Wildman–Crippen LogP) is 4.98. The van der Waals surface area contributed by atoms with Crippen molar-refractivity contribution in [2.75, 3.05) is 0 Å². The Bertz CT molecular complexity index is 458. The van der Waals surface area contributed by atoms with E-state index in [2.05, 4.69) is 40.2 Å². The third-order valence-electron chi connectivity index (χ3n) is 5.06. The zero-order valence-electron chi connectivity index (χ0n) is 10.5. The van der Waals surface area contributed by atoms with Crippen LogP contribution in [-0.4, -0.2) is 5.71 Å². The molecule has 0 heterocycles. The zero-order valence-corrected chi connectivity index (χ0v) is 12.1. The molecule has 18 heavy (non-hydrogen) atoms. The molecule has 4 aliphatic rings. The molecular weight excluding hydrogens is 286 g/mol. The average Bonchev–Trinajstić information content (AvgIpc) is 2.35. The molecule has 0 atom stereocenters. The lowest BCUT2D eigenvalue weighted by Gasteiger charge is -2.50. The summed E-state index contributed by atoms with van der Waals surface area (Å²) in [5, 5.41) is 0. The average molecular weight is 304 g/mol. The first kappa shape index (κ1) is 11.2. The van der Waals surface area contributed by atoms with Crippen LogP contribution in [0.3, 0.4) is 0 Å². The summed E-state index contributed by atoms with van der Waals surface area (Å²) in [6, 6.07) is 8.44. The zero-order chi connectivity index (χ0) is 12.1. The van der Waals surface area contributed by atoms with Gasteiger partial charge in [0.2, 0.25) is 0 Å². The number of rotatable bonds is 1. The van der Waals surface area contributed by atoms with E-state index in [9.17, 15) is 0 Å². The number of hydrogen-bond acceptors (Lipinski definition) is 1. The summed E-state index contributed by atoms with van der Waals surface area (Å²) in [7, 11) is 0. The maximum Gasteiger partial charge on any atom is 0.0630 e. The molecule has 0 aliphatic heterocycles. The van der Waals surface area contributed by atoms with Crippen molar-refractivity contribution in [3.63, 3.8) is 0 Å². The highest BCUT2D eigenvalue weighted by Crippen LogP contribution is 2.52. The fraction of sp³-hybridized carbons (Fsp3) is 0.562. The minimum Gasteiger partial charge on any atom is -0.257 e. The Kier molecular flexibility index (Phi) is 2.61. The van der Waals surface area contributed by atoms with Gasteiger partial charge in [0, 0.05) is 10.2 Å². The van der Waals surface area contributed by atoms with Gasteiger partial charge >= 0.3 is 0 Å². The SMILES string of the molecule is Brc1ccc(N=C2C3CC4CC(C3)CC2C4)cc1. The standard InChI is InChI=1S/C16H18BrN/c17-14-1-3-15(4-2-14)18-16-12-6-10-5-11(8-12)9-13(16)7-10/h1-4,10-13H,5-9H2. The highest BCUT2D eigenvalue weighted by atomic mass is 79.9. The van der Waals surface area contributed by atoms with Crippen LogP contribution in [0.15, 0.2) is 33.7 Å². The second kappa shape index (κ2) is 4.19. The summed E-state index contributed by atoms with van der Waals surface area (Å²) in [4.78, 5) is 4.99. The molecule has 0 amide bonds. The molecule has 0 unspecified atom stereocenters. The van der Waals surface area contributed by atoms with Gasteiger partial charge in [-0.15, -0.1) is 0 Å². The van der Waals surface area contributed by atoms with Crippen LogP contribution in [0.2, 0.25) is 0 Å².